The number of aliphatic carboxylic acids is 1. The molecule has 1 saturated heterocycles. The maximum absolute atomic E-state index is 13.0. The predicted octanol–water partition coefficient (Wildman–Crippen LogP) is 3.74. The maximum atomic E-state index is 13.0. The summed E-state index contributed by atoms with van der Waals surface area (Å²) in [5.74, 6) is -0.716. The number of amides is 1. The van der Waals surface area contributed by atoms with Gasteiger partial charge in [0.25, 0.3) is 0 Å². The molecule has 0 radical (unpaired) electrons. The van der Waals surface area contributed by atoms with E-state index in [9.17, 15) is 14.7 Å². The smallest absolute Gasteiger partial charge is 0.333 e. The third-order valence-corrected chi connectivity index (χ3v) is 5.83. The molecule has 5 nitrogen and oxygen atoms in total. The lowest BCUT2D eigenvalue weighted by Crippen LogP contribution is -2.44. The Morgan fingerprint density at radius 3 is 2.17 bits per heavy atom. The monoisotopic (exact) mass is 395 g/mol. The van der Waals surface area contributed by atoms with E-state index in [-0.39, 0.29) is 17.7 Å². The van der Waals surface area contributed by atoms with Gasteiger partial charge in [-0.05, 0) is 42.2 Å². The predicted molar refractivity (Wildman–Crippen MR) is 112 cm³/mol. The molecule has 0 bridgehead atoms. The molecule has 0 saturated carbocycles. The van der Waals surface area contributed by atoms with E-state index in [0.717, 1.165) is 6.42 Å². The van der Waals surface area contributed by atoms with Crippen molar-refractivity contribution < 1.29 is 19.4 Å². The van der Waals surface area contributed by atoms with Crippen LogP contribution in [0.2, 0.25) is 0 Å². The first kappa shape index (κ1) is 21.1. The minimum atomic E-state index is -0.927. The first-order valence-corrected chi connectivity index (χ1v) is 10.2. The van der Waals surface area contributed by atoms with E-state index in [1.54, 1.807) is 0 Å². The van der Waals surface area contributed by atoms with Gasteiger partial charge in [0.05, 0.1) is 0 Å². The topological polar surface area (TPSA) is 66.8 Å². The van der Waals surface area contributed by atoms with Gasteiger partial charge in [-0.3, -0.25) is 4.79 Å². The van der Waals surface area contributed by atoms with E-state index in [1.807, 2.05) is 41.3 Å². The number of rotatable bonds is 8. The molecular formula is C24H29NO4. The van der Waals surface area contributed by atoms with Crippen LogP contribution in [-0.4, -0.2) is 48.2 Å². The van der Waals surface area contributed by atoms with E-state index in [1.165, 1.54) is 18.2 Å². The molecule has 2 aromatic rings. The molecule has 1 N–H and O–H groups in total. The molecule has 1 amide bonds. The van der Waals surface area contributed by atoms with Gasteiger partial charge >= 0.3 is 5.97 Å². The van der Waals surface area contributed by atoms with Crippen molar-refractivity contribution in [3.8, 4) is 0 Å². The first-order chi connectivity index (χ1) is 14.1. The van der Waals surface area contributed by atoms with Gasteiger partial charge in [-0.2, -0.15) is 0 Å². The molecule has 1 heterocycles. The Bertz CT molecular complexity index is 785. The van der Waals surface area contributed by atoms with Crippen molar-refractivity contribution in [2.45, 2.75) is 37.7 Å². The minimum Gasteiger partial charge on any atom is -0.479 e. The number of carboxylic acids is 1. The van der Waals surface area contributed by atoms with Crippen LogP contribution in [0, 0.1) is 5.92 Å². The molecule has 2 unspecified atom stereocenters. The van der Waals surface area contributed by atoms with Crippen LogP contribution < -0.4 is 0 Å². The standard InChI is InChI=1S/C24H29NO4/c1-29-23(24(27)28)20-12-14-25(15-13-20)22(26)17-21(19-10-6-3-7-11-19)16-18-8-4-2-5-9-18/h2-11,20-21,23H,12-17H2,1H3,(H,27,28). The van der Waals surface area contributed by atoms with Crippen LogP contribution in [0.15, 0.2) is 60.7 Å². The number of benzene rings is 2. The number of ether oxygens (including phenoxy) is 1. The summed E-state index contributed by atoms with van der Waals surface area (Å²) in [5.41, 5.74) is 2.39. The highest BCUT2D eigenvalue weighted by atomic mass is 16.5. The molecule has 0 aromatic heterocycles. The molecule has 5 heteroatoms. The zero-order chi connectivity index (χ0) is 20.6. The lowest BCUT2D eigenvalue weighted by Gasteiger charge is -2.34. The second kappa shape index (κ2) is 10.2. The number of methoxy groups -OCH3 is 1. The van der Waals surface area contributed by atoms with Crippen LogP contribution in [0.3, 0.4) is 0 Å². The molecular weight excluding hydrogens is 366 g/mol. The summed E-state index contributed by atoms with van der Waals surface area (Å²) in [6.45, 7) is 1.17. The van der Waals surface area contributed by atoms with Gasteiger partial charge in [-0.1, -0.05) is 60.7 Å². The second-order valence-corrected chi connectivity index (χ2v) is 7.71. The van der Waals surface area contributed by atoms with Crippen molar-refractivity contribution in [3.63, 3.8) is 0 Å². The number of hydrogen-bond donors (Lipinski definition) is 1. The molecule has 3 rings (SSSR count). The number of piperidine rings is 1. The van der Waals surface area contributed by atoms with Crippen molar-refractivity contribution in [1.29, 1.82) is 0 Å². The lowest BCUT2D eigenvalue weighted by atomic mass is 9.87. The number of carboxylic acid groups (broad SMARTS) is 1. The summed E-state index contributed by atoms with van der Waals surface area (Å²) in [7, 11) is 1.43. The summed E-state index contributed by atoms with van der Waals surface area (Å²) in [6, 6.07) is 20.4. The van der Waals surface area contributed by atoms with Crippen LogP contribution in [0.1, 0.15) is 36.3 Å². The van der Waals surface area contributed by atoms with Crippen LogP contribution >= 0.6 is 0 Å². The molecule has 1 aliphatic rings. The fourth-order valence-electron chi connectivity index (χ4n) is 4.22. The fourth-order valence-corrected chi connectivity index (χ4v) is 4.22. The zero-order valence-corrected chi connectivity index (χ0v) is 16.9. The molecule has 29 heavy (non-hydrogen) atoms. The highest BCUT2D eigenvalue weighted by molar-refractivity contribution is 5.77. The Labute approximate surface area is 172 Å². The summed E-state index contributed by atoms with van der Waals surface area (Å²) in [6.07, 6.45) is 1.80. The summed E-state index contributed by atoms with van der Waals surface area (Å²) in [5, 5.41) is 9.28. The minimum absolute atomic E-state index is 0.0456. The quantitative estimate of drug-likeness (QED) is 0.739. The van der Waals surface area contributed by atoms with E-state index in [2.05, 4.69) is 24.3 Å². The Morgan fingerprint density at radius 2 is 1.62 bits per heavy atom. The Balaban J connectivity index is 1.64. The van der Waals surface area contributed by atoms with Gasteiger partial charge in [0.1, 0.15) is 0 Å². The molecule has 2 atom stereocenters. The third-order valence-electron chi connectivity index (χ3n) is 5.83. The fraction of sp³-hybridized carbons (Fsp3) is 0.417. The number of carbonyl (C=O) groups excluding carboxylic acids is 1. The van der Waals surface area contributed by atoms with Crippen molar-refractivity contribution in [2.75, 3.05) is 20.2 Å². The van der Waals surface area contributed by atoms with Crippen molar-refractivity contribution in [3.05, 3.63) is 71.8 Å². The number of carbonyl (C=O) groups is 2. The van der Waals surface area contributed by atoms with Crippen LogP contribution in [0.5, 0.6) is 0 Å². The molecule has 1 aliphatic heterocycles. The van der Waals surface area contributed by atoms with Crippen LogP contribution in [0.4, 0.5) is 0 Å². The summed E-state index contributed by atoms with van der Waals surface area (Å²) in [4.78, 5) is 26.2. The van der Waals surface area contributed by atoms with Gasteiger partial charge in [0.2, 0.25) is 5.91 Å². The molecule has 2 aromatic carbocycles. The summed E-state index contributed by atoms with van der Waals surface area (Å²) < 4.78 is 5.13. The summed E-state index contributed by atoms with van der Waals surface area (Å²) >= 11 is 0. The highest BCUT2D eigenvalue weighted by Gasteiger charge is 2.33. The van der Waals surface area contributed by atoms with Gasteiger partial charge in [-0.15, -0.1) is 0 Å². The average Bonchev–Trinajstić information content (AvgIpc) is 2.75. The van der Waals surface area contributed by atoms with Gasteiger partial charge in [-0.25, -0.2) is 4.79 Å². The van der Waals surface area contributed by atoms with Crippen molar-refractivity contribution in [2.24, 2.45) is 5.92 Å². The molecule has 154 valence electrons. The van der Waals surface area contributed by atoms with Crippen molar-refractivity contribution >= 4 is 11.9 Å². The van der Waals surface area contributed by atoms with Crippen LogP contribution in [0.25, 0.3) is 0 Å². The number of nitrogens with zero attached hydrogens (tertiary/aromatic N) is 1. The van der Waals surface area contributed by atoms with Crippen molar-refractivity contribution in [1.82, 2.24) is 4.90 Å². The Morgan fingerprint density at radius 1 is 1.03 bits per heavy atom. The van der Waals surface area contributed by atoms with Gasteiger partial charge < -0.3 is 14.7 Å². The molecule has 1 fully saturated rings. The SMILES string of the molecule is COC(C(=O)O)C1CCN(C(=O)CC(Cc2ccccc2)c2ccccc2)CC1. The van der Waals surface area contributed by atoms with Gasteiger partial charge in [0.15, 0.2) is 6.10 Å². The Hall–Kier alpha value is -2.66. The molecule has 0 spiro atoms. The van der Waals surface area contributed by atoms with E-state index < -0.39 is 12.1 Å². The van der Waals surface area contributed by atoms with E-state index in [0.29, 0.717) is 32.4 Å². The Kier molecular flexibility index (Phi) is 7.42. The van der Waals surface area contributed by atoms with Crippen LogP contribution in [-0.2, 0) is 20.7 Å². The first-order valence-electron chi connectivity index (χ1n) is 10.2. The highest BCUT2D eigenvalue weighted by Crippen LogP contribution is 2.28. The number of hydrogen-bond acceptors (Lipinski definition) is 3. The average molecular weight is 395 g/mol. The third kappa shape index (κ3) is 5.67. The van der Waals surface area contributed by atoms with E-state index in [4.69, 9.17) is 4.74 Å². The zero-order valence-electron chi connectivity index (χ0n) is 16.9. The maximum Gasteiger partial charge on any atom is 0.333 e. The largest absolute Gasteiger partial charge is 0.479 e. The normalized spacial score (nSPS) is 16.9. The van der Waals surface area contributed by atoms with E-state index >= 15 is 0 Å². The second-order valence-electron chi connectivity index (χ2n) is 7.71. The molecule has 0 aliphatic carbocycles. The van der Waals surface area contributed by atoms with Gasteiger partial charge in [0, 0.05) is 26.6 Å². The lowest BCUT2D eigenvalue weighted by molar-refractivity contribution is -0.153. The number of likely N-dealkylation sites (tertiary alicyclic amines) is 1.